The van der Waals surface area contributed by atoms with Crippen LogP contribution in [0.1, 0.15) is 38.3 Å². The van der Waals surface area contributed by atoms with Crippen LogP contribution in [0.15, 0.2) is 18.2 Å². The molecule has 0 aromatic heterocycles. The van der Waals surface area contributed by atoms with E-state index in [-0.39, 0.29) is 6.61 Å². The molecule has 116 valence electrons. The summed E-state index contributed by atoms with van der Waals surface area (Å²) >= 11 is 0. The molecule has 0 fully saturated rings. The fourth-order valence-electron chi connectivity index (χ4n) is 1.62. The summed E-state index contributed by atoms with van der Waals surface area (Å²) < 4.78 is 29.0. The Balaban J connectivity index is 2.96. The van der Waals surface area contributed by atoms with Gasteiger partial charge in [-0.2, -0.15) is 13.1 Å². The number of hydrogen-bond donors (Lipinski definition) is 3. The van der Waals surface area contributed by atoms with E-state index in [1.54, 1.807) is 39.0 Å². The minimum atomic E-state index is -3.64. The van der Waals surface area contributed by atoms with Gasteiger partial charge in [-0.1, -0.05) is 17.9 Å². The molecule has 0 saturated carbocycles. The summed E-state index contributed by atoms with van der Waals surface area (Å²) in [6.45, 7) is 7.22. The average Bonchev–Trinajstić information content (AvgIpc) is 2.30. The van der Waals surface area contributed by atoms with Crippen molar-refractivity contribution in [2.75, 3.05) is 11.3 Å². The number of rotatable bonds is 4. The molecule has 6 heteroatoms. The molecule has 0 saturated heterocycles. The molecule has 1 rings (SSSR count). The molecule has 0 amide bonds. The van der Waals surface area contributed by atoms with Gasteiger partial charge in [0, 0.05) is 17.5 Å². The van der Waals surface area contributed by atoms with Crippen LogP contribution >= 0.6 is 0 Å². The predicted molar refractivity (Wildman–Crippen MR) is 85.2 cm³/mol. The van der Waals surface area contributed by atoms with Gasteiger partial charge in [0.1, 0.15) is 0 Å². The van der Waals surface area contributed by atoms with E-state index in [9.17, 15) is 8.42 Å². The van der Waals surface area contributed by atoms with Crippen LogP contribution < -0.4 is 9.44 Å². The molecule has 0 bridgehead atoms. The Hall–Kier alpha value is -1.55. The first-order valence-corrected chi connectivity index (χ1v) is 8.13. The summed E-state index contributed by atoms with van der Waals surface area (Å²) in [6, 6.07) is 5.17. The maximum absolute atomic E-state index is 12.0. The second-order valence-electron chi connectivity index (χ2n) is 5.76. The highest BCUT2D eigenvalue weighted by Crippen LogP contribution is 2.16. The lowest BCUT2D eigenvalue weighted by Crippen LogP contribution is -2.43. The number of benzene rings is 1. The monoisotopic (exact) mass is 310 g/mol. The fourth-order valence-corrected chi connectivity index (χ4v) is 2.91. The number of hydrogen-bond acceptors (Lipinski definition) is 3. The van der Waals surface area contributed by atoms with Crippen molar-refractivity contribution < 1.29 is 13.5 Å². The van der Waals surface area contributed by atoms with Crippen molar-refractivity contribution in [3.63, 3.8) is 0 Å². The first-order chi connectivity index (χ1) is 9.63. The molecule has 1 aromatic carbocycles. The van der Waals surface area contributed by atoms with Crippen molar-refractivity contribution in [1.82, 2.24) is 4.72 Å². The largest absolute Gasteiger partial charge is 0.395 e. The van der Waals surface area contributed by atoms with Gasteiger partial charge in [-0.25, -0.2) is 0 Å². The maximum atomic E-state index is 12.0. The van der Waals surface area contributed by atoms with Gasteiger partial charge in [-0.05, 0) is 45.4 Å². The quantitative estimate of drug-likeness (QED) is 0.742. The van der Waals surface area contributed by atoms with Crippen LogP contribution in [0.25, 0.3) is 0 Å². The molecular formula is C15H22N2O3S. The highest BCUT2D eigenvalue weighted by molar-refractivity contribution is 7.90. The first kappa shape index (κ1) is 17.5. The first-order valence-electron chi connectivity index (χ1n) is 6.65. The molecule has 0 atom stereocenters. The minimum Gasteiger partial charge on any atom is -0.395 e. The lowest BCUT2D eigenvalue weighted by atomic mass is 10.1. The highest BCUT2D eigenvalue weighted by Gasteiger charge is 2.19. The average molecular weight is 310 g/mol. The van der Waals surface area contributed by atoms with Crippen molar-refractivity contribution in [2.45, 2.75) is 39.7 Å². The smallest absolute Gasteiger partial charge is 0.299 e. The lowest BCUT2D eigenvalue weighted by Gasteiger charge is -2.21. The van der Waals surface area contributed by atoms with Gasteiger partial charge in [-0.3, -0.25) is 4.72 Å². The van der Waals surface area contributed by atoms with Crippen molar-refractivity contribution >= 4 is 15.9 Å². The molecule has 0 aliphatic carbocycles. The molecule has 0 aliphatic rings. The second-order valence-corrected chi connectivity index (χ2v) is 7.18. The van der Waals surface area contributed by atoms with Crippen LogP contribution in [0, 0.1) is 18.8 Å². The van der Waals surface area contributed by atoms with E-state index in [4.69, 9.17) is 5.11 Å². The standard InChI is InChI=1S/C15H22N2O3S/c1-12-8-9-14(11-13(12)7-5-6-10-18)16-21(19,20)17-15(2,3)4/h8-9,11,16-18H,6,10H2,1-4H3. The van der Waals surface area contributed by atoms with Gasteiger partial charge >= 0.3 is 0 Å². The van der Waals surface area contributed by atoms with E-state index in [1.165, 1.54) is 0 Å². The van der Waals surface area contributed by atoms with Gasteiger partial charge in [0.15, 0.2) is 0 Å². The molecule has 5 nitrogen and oxygen atoms in total. The Bertz CT molecular complexity index is 650. The van der Waals surface area contributed by atoms with Crippen molar-refractivity contribution in [2.24, 2.45) is 0 Å². The molecule has 1 aromatic rings. The van der Waals surface area contributed by atoms with E-state index < -0.39 is 15.7 Å². The lowest BCUT2D eigenvalue weighted by molar-refractivity contribution is 0.305. The molecule has 0 aliphatic heterocycles. The zero-order valence-electron chi connectivity index (χ0n) is 12.8. The van der Waals surface area contributed by atoms with Gasteiger partial charge < -0.3 is 5.11 Å². The SMILES string of the molecule is Cc1ccc(NS(=O)(=O)NC(C)(C)C)cc1C#CCCO. The van der Waals surface area contributed by atoms with Crippen molar-refractivity contribution in [3.8, 4) is 11.8 Å². The summed E-state index contributed by atoms with van der Waals surface area (Å²) in [4.78, 5) is 0. The van der Waals surface area contributed by atoms with Gasteiger partial charge in [0.05, 0.1) is 12.3 Å². The summed E-state index contributed by atoms with van der Waals surface area (Å²) in [6.07, 6.45) is 0.390. The molecular weight excluding hydrogens is 288 g/mol. The molecule has 0 spiro atoms. The number of aliphatic hydroxyl groups is 1. The van der Waals surface area contributed by atoms with Crippen molar-refractivity contribution in [1.29, 1.82) is 0 Å². The third-order valence-electron chi connectivity index (χ3n) is 2.39. The molecule has 0 heterocycles. The fraction of sp³-hybridized carbons (Fsp3) is 0.467. The number of anilines is 1. The second kappa shape index (κ2) is 6.94. The third-order valence-corrected chi connectivity index (χ3v) is 3.78. The Morgan fingerprint density at radius 1 is 1.29 bits per heavy atom. The number of aryl methyl sites for hydroxylation is 1. The summed E-state index contributed by atoms with van der Waals surface area (Å²) in [5, 5.41) is 8.73. The van der Waals surface area contributed by atoms with E-state index in [2.05, 4.69) is 21.3 Å². The van der Waals surface area contributed by atoms with Crippen molar-refractivity contribution in [3.05, 3.63) is 29.3 Å². The number of nitrogens with one attached hydrogen (secondary N) is 2. The van der Waals surface area contributed by atoms with E-state index >= 15 is 0 Å². The third kappa shape index (κ3) is 6.63. The molecule has 21 heavy (non-hydrogen) atoms. The van der Waals surface area contributed by atoms with E-state index in [0.29, 0.717) is 12.1 Å². The zero-order chi connectivity index (χ0) is 16.1. The van der Waals surface area contributed by atoms with E-state index in [0.717, 1.165) is 11.1 Å². The predicted octanol–water partition coefficient (Wildman–Crippen LogP) is 1.77. The van der Waals surface area contributed by atoms with Crippen LogP contribution in [0.3, 0.4) is 0 Å². The molecule has 0 unspecified atom stereocenters. The Kier molecular flexibility index (Phi) is 5.78. The van der Waals surface area contributed by atoms with Gasteiger partial charge in [0.25, 0.3) is 10.2 Å². The van der Waals surface area contributed by atoms with Gasteiger partial charge in [-0.15, -0.1) is 0 Å². The topological polar surface area (TPSA) is 78.4 Å². The normalized spacial score (nSPS) is 11.7. The Morgan fingerprint density at radius 3 is 2.52 bits per heavy atom. The highest BCUT2D eigenvalue weighted by atomic mass is 32.2. The molecule has 3 N–H and O–H groups in total. The van der Waals surface area contributed by atoms with Crippen LogP contribution in [-0.2, 0) is 10.2 Å². The van der Waals surface area contributed by atoms with E-state index in [1.807, 2.05) is 6.92 Å². The zero-order valence-corrected chi connectivity index (χ0v) is 13.6. The minimum absolute atomic E-state index is 0.00781. The van der Waals surface area contributed by atoms with Crippen LogP contribution in [0.5, 0.6) is 0 Å². The molecule has 0 radical (unpaired) electrons. The number of aliphatic hydroxyl groups excluding tert-OH is 1. The Labute approximate surface area is 127 Å². The summed E-state index contributed by atoms with van der Waals surface area (Å²) in [7, 11) is -3.64. The summed E-state index contributed by atoms with van der Waals surface area (Å²) in [5.41, 5.74) is 1.58. The van der Waals surface area contributed by atoms with Crippen LogP contribution in [0.4, 0.5) is 5.69 Å². The van der Waals surface area contributed by atoms with Gasteiger partial charge in [0.2, 0.25) is 0 Å². The van der Waals surface area contributed by atoms with Crippen LogP contribution in [0.2, 0.25) is 0 Å². The Morgan fingerprint density at radius 2 is 1.95 bits per heavy atom. The summed E-state index contributed by atoms with van der Waals surface area (Å²) in [5.74, 6) is 5.75. The van der Waals surface area contributed by atoms with Crippen LogP contribution in [-0.4, -0.2) is 25.7 Å². The maximum Gasteiger partial charge on any atom is 0.299 e.